The Balaban J connectivity index is 2.61. The Labute approximate surface area is 126 Å². The molecule has 1 aromatic heterocycles. The van der Waals surface area contributed by atoms with E-state index in [9.17, 15) is 13.2 Å². The molecule has 1 N–H and O–H groups in total. The summed E-state index contributed by atoms with van der Waals surface area (Å²) in [5.41, 5.74) is 0.788. The van der Waals surface area contributed by atoms with Crippen molar-refractivity contribution in [1.29, 1.82) is 0 Å². The van der Waals surface area contributed by atoms with E-state index in [4.69, 9.17) is 0 Å². The summed E-state index contributed by atoms with van der Waals surface area (Å²) in [6, 6.07) is 3.45. The Bertz CT molecular complexity index is 546. The van der Waals surface area contributed by atoms with Gasteiger partial charge in [0, 0.05) is 32.0 Å². The second-order valence-corrected chi connectivity index (χ2v) is 7.02. The fourth-order valence-corrected chi connectivity index (χ4v) is 2.35. The van der Waals surface area contributed by atoms with Gasteiger partial charge >= 0.3 is 0 Å². The number of amides is 1. The molecule has 118 valence electrons. The summed E-state index contributed by atoms with van der Waals surface area (Å²) in [5, 5.41) is 2.70. The minimum atomic E-state index is -3.46. The van der Waals surface area contributed by atoms with Crippen LogP contribution in [0.3, 0.4) is 0 Å². The van der Waals surface area contributed by atoms with Crippen molar-refractivity contribution in [3.05, 3.63) is 30.1 Å². The summed E-state index contributed by atoms with van der Waals surface area (Å²) in [4.78, 5) is 17.6. The summed E-state index contributed by atoms with van der Waals surface area (Å²) in [5.74, 6) is -0.309. The van der Waals surface area contributed by atoms with Crippen LogP contribution in [-0.4, -0.2) is 68.5 Å². The monoisotopic (exact) mass is 314 g/mol. The summed E-state index contributed by atoms with van der Waals surface area (Å²) < 4.78 is 24.7. The van der Waals surface area contributed by atoms with Gasteiger partial charge in [0.05, 0.1) is 12.8 Å². The first kappa shape index (κ1) is 17.5. The lowest BCUT2D eigenvalue weighted by Crippen LogP contribution is -2.41. The average molecular weight is 314 g/mol. The van der Waals surface area contributed by atoms with Crippen molar-refractivity contribution in [2.75, 3.05) is 40.0 Å². The van der Waals surface area contributed by atoms with Gasteiger partial charge in [-0.1, -0.05) is 0 Å². The Morgan fingerprint density at radius 3 is 2.43 bits per heavy atom. The molecule has 1 amide bonds. The lowest BCUT2D eigenvalue weighted by molar-refractivity contribution is -0.121. The molecule has 0 spiro atoms. The first-order valence-electron chi connectivity index (χ1n) is 6.54. The van der Waals surface area contributed by atoms with Crippen LogP contribution in [-0.2, 0) is 21.4 Å². The van der Waals surface area contributed by atoms with Gasteiger partial charge < -0.3 is 10.2 Å². The van der Waals surface area contributed by atoms with Gasteiger partial charge in [0.2, 0.25) is 15.9 Å². The lowest BCUT2D eigenvalue weighted by Gasteiger charge is -2.20. The summed E-state index contributed by atoms with van der Waals surface area (Å²) in [6.45, 7) is 1.16. The molecule has 0 aliphatic rings. The standard InChI is InChI=1S/C13H22N4O3S/c1-16(2)9-8-15-13(18)11-17(21(3,19)20)10-12-4-6-14-7-5-12/h4-7H,8-11H2,1-3H3,(H,15,18). The number of likely N-dealkylation sites (N-methyl/N-ethyl adjacent to an activating group) is 1. The molecule has 0 unspecified atom stereocenters. The number of pyridine rings is 1. The van der Waals surface area contributed by atoms with Crippen molar-refractivity contribution in [1.82, 2.24) is 19.5 Å². The van der Waals surface area contributed by atoms with Gasteiger partial charge in [-0.2, -0.15) is 4.31 Å². The van der Waals surface area contributed by atoms with Crippen molar-refractivity contribution in [2.24, 2.45) is 0 Å². The van der Waals surface area contributed by atoms with Crippen molar-refractivity contribution < 1.29 is 13.2 Å². The molecule has 0 saturated carbocycles. The number of sulfonamides is 1. The van der Waals surface area contributed by atoms with E-state index >= 15 is 0 Å². The van der Waals surface area contributed by atoms with E-state index in [2.05, 4.69) is 10.3 Å². The highest BCUT2D eigenvalue weighted by Crippen LogP contribution is 2.07. The van der Waals surface area contributed by atoms with Gasteiger partial charge in [-0.3, -0.25) is 9.78 Å². The first-order valence-corrected chi connectivity index (χ1v) is 8.39. The smallest absolute Gasteiger partial charge is 0.235 e. The number of aromatic nitrogens is 1. The van der Waals surface area contributed by atoms with E-state index in [1.54, 1.807) is 24.5 Å². The zero-order chi connectivity index (χ0) is 15.9. The van der Waals surface area contributed by atoms with Gasteiger partial charge in [0.1, 0.15) is 0 Å². The van der Waals surface area contributed by atoms with E-state index < -0.39 is 10.0 Å². The van der Waals surface area contributed by atoms with Crippen LogP contribution in [0.2, 0.25) is 0 Å². The maximum absolute atomic E-state index is 11.8. The molecule has 0 aromatic carbocycles. The Hall–Kier alpha value is -1.51. The number of nitrogens with zero attached hydrogens (tertiary/aromatic N) is 3. The molecule has 0 radical (unpaired) electrons. The maximum Gasteiger partial charge on any atom is 0.235 e. The highest BCUT2D eigenvalue weighted by Gasteiger charge is 2.20. The Kier molecular flexibility index (Phi) is 6.73. The molecule has 1 heterocycles. The molecular weight excluding hydrogens is 292 g/mol. The van der Waals surface area contributed by atoms with Gasteiger partial charge in [-0.25, -0.2) is 8.42 Å². The predicted molar refractivity (Wildman–Crippen MR) is 81.1 cm³/mol. The number of carbonyl (C=O) groups excluding carboxylic acids is 1. The summed E-state index contributed by atoms with van der Waals surface area (Å²) in [6.07, 6.45) is 4.28. The molecule has 0 fully saturated rings. The molecule has 0 aliphatic heterocycles. The molecular formula is C13H22N4O3S. The minimum Gasteiger partial charge on any atom is -0.354 e. The van der Waals surface area contributed by atoms with Crippen LogP contribution in [0.1, 0.15) is 5.56 Å². The molecule has 21 heavy (non-hydrogen) atoms. The van der Waals surface area contributed by atoms with Crippen LogP contribution in [0.15, 0.2) is 24.5 Å². The predicted octanol–water partition coefficient (Wildman–Crippen LogP) is -0.479. The number of hydrogen-bond acceptors (Lipinski definition) is 5. The second-order valence-electron chi connectivity index (χ2n) is 5.04. The normalized spacial score (nSPS) is 11.9. The van der Waals surface area contributed by atoms with Gasteiger partial charge in [-0.05, 0) is 31.8 Å². The van der Waals surface area contributed by atoms with E-state index in [1.165, 1.54) is 0 Å². The van der Waals surface area contributed by atoms with Gasteiger partial charge in [0.15, 0.2) is 0 Å². The second kappa shape index (κ2) is 8.06. The highest BCUT2D eigenvalue weighted by atomic mass is 32.2. The zero-order valence-corrected chi connectivity index (χ0v) is 13.4. The van der Waals surface area contributed by atoms with Crippen molar-refractivity contribution in [3.63, 3.8) is 0 Å². The van der Waals surface area contributed by atoms with Gasteiger partial charge in [-0.15, -0.1) is 0 Å². The first-order chi connectivity index (χ1) is 9.79. The largest absolute Gasteiger partial charge is 0.354 e. The quantitative estimate of drug-likeness (QED) is 0.701. The van der Waals surface area contributed by atoms with E-state index in [1.807, 2.05) is 19.0 Å². The number of carbonyl (C=O) groups is 1. The zero-order valence-electron chi connectivity index (χ0n) is 12.6. The molecule has 8 heteroatoms. The highest BCUT2D eigenvalue weighted by molar-refractivity contribution is 7.88. The molecule has 7 nitrogen and oxygen atoms in total. The van der Waals surface area contributed by atoms with Crippen LogP contribution in [0, 0.1) is 0 Å². The summed E-state index contributed by atoms with van der Waals surface area (Å²) in [7, 11) is 0.345. The average Bonchev–Trinajstić information content (AvgIpc) is 2.37. The van der Waals surface area contributed by atoms with Crippen LogP contribution < -0.4 is 5.32 Å². The van der Waals surface area contributed by atoms with Crippen molar-refractivity contribution in [3.8, 4) is 0 Å². The Morgan fingerprint density at radius 1 is 1.29 bits per heavy atom. The lowest BCUT2D eigenvalue weighted by atomic mass is 10.3. The van der Waals surface area contributed by atoms with E-state index in [0.29, 0.717) is 13.1 Å². The SMILES string of the molecule is CN(C)CCNC(=O)CN(Cc1ccncc1)S(C)(=O)=O. The van der Waals surface area contributed by atoms with Crippen LogP contribution in [0.25, 0.3) is 0 Å². The van der Waals surface area contributed by atoms with Crippen LogP contribution >= 0.6 is 0 Å². The fourth-order valence-electron chi connectivity index (χ4n) is 1.62. The topological polar surface area (TPSA) is 82.6 Å². The third-order valence-corrected chi connectivity index (χ3v) is 3.97. The number of hydrogen-bond donors (Lipinski definition) is 1. The van der Waals surface area contributed by atoms with E-state index in [-0.39, 0.29) is 19.0 Å². The minimum absolute atomic E-state index is 0.155. The maximum atomic E-state index is 11.8. The summed E-state index contributed by atoms with van der Waals surface area (Å²) >= 11 is 0. The van der Waals surface area contributed by atoms with Gasteiger partial charge in [0.25, 0.3) is 0 Å². The van der Waals surface area contributed by atoms with Crippen molar-refractivity contribution >= 4 is 15.9 Å². The molecule has 1 rings (SSSR count). The van der Waals surface area contributed by atoms with E-state index in [0.717, 1.165) is 16.1 Å². The number of nitrogens with one attached hydrogen (secondary N) is 1. The van der Waals surface area contributed by atoms with Crippen LogP contribution in [0.5, 0.6) is 0 Å². The molecule has 1 aromatic rings. The number of rotatable bonds is 8. The third kappa shape index (κ3) is 7.16. The molecule has 0 aliphatic carbocycles. The third-order valence-electron chi connectivity index (χ3n) is 2.78. The fraction of sp³-hybridized carbons (Fsp3) is 0.538. The molecule has 0 bridgehead atoms. The van der Waals surface area contributed by atoms with Crippen molar-refractivity contribution in [2.45, 2.75) is 6.54 Å². The Morgan fingerprint density at radius 2 is 1.90 bits per heavy atom. The molecule has 0 saturated heterocycles. The molecule has 0 atom stereocenters. The van der Waals surface area contributed by atoms with Crippen LogP contribution in [0.4, 0.5) is 0 Å².